The maximum Gasteiger partial charge on any atom is 0.245 e. The molecule has 0 bridgehead atoms. The Morgan fingerprint density at radius 3 is 2.53 bits per heavy atom. The van der Waals surface area contributed by atoms with E-state index in [9.17, 15) is 14.6 Å². The lowest BCUT2D eigenvalue weighted by atomic mass is 9.79. The second kappa shape index (κ2) is 6.25. The lowest BCUT2D eigenvalue weighted by Gasteiger charge is -2.27. The van der Waals surface area contributed by atoms with Crippen LogP contribution < -0.4 is 0 Å². The molecule has 0 amide bonds. The van der Waals surface area contributed by atoms with Gasteiger partial charge in [0.15, 0.2) is 5.12 Å². The SMILES string of the molecule is C=P(O)(O)OCc1ccccc1C(C)(C)CC(=O)S. The predicted molar refractivity (Wildman–Crippen MR) is 81.3 cm³/mol. The van der Waals surface area contributed by atoms with Gasteiger partial charge in [0.1, 0.15) is 0 Å². The molecule has 6 heteroatoms. The molecule has 1 rings (SSSR count). The van der Waals surface area contributed by atoms with E-state index < -0.39 is 13.0 Å². The molecular formula is C13H19O4PS. The molecule has 0 spiro atoms. The predicted octanol–water partition coefficient (Wildman–Crippen LogP) is 2.51. The fraction of sp³-hybridized carbons (Fsp3) is 0.385. The summed E-state index contributed by atoms with van der Waals surface area (Å²) in [6.07, 6.45) is 3.45. The average Bonchev–Trinajstić information content (AvgIpc) is 2.24. The fourth-order valence-electron chi connectivity index (χ4n) is 1.95. The van der Waals surface area contributed by atoms with Crippen molar-refractivity contribution in [2.75, 3.05) is 0 Å². The molecule has 4 nitrogen and oxygen atoms in total. The summed E-state index contributed by atoms with van der Waals surface area (Å²) in [5.41, 5.74) is 1.33. The maximum absolute atomic E-state index is 11.2. The lowest BCUT2D eigenvalue weighted by Crippen LogP contribution is -2.22. The number of hydrogen-bond acceptors (Lipinski definition) is 4. The third-order valence-corrected chi connectivity index (χ3v) is 3.47. The van der Waals surface area contributed by atoms with Crippen LogP contribution in [0.4, 0.5) is 0 Å². The van der Waals surface area contributed by atoms with E-state index in [2.05, 4.69) is 18.9 Å². The number of carbonyl (C=O) groups is 1. The highest BCUT2D eigenvalue weighted by Crippen LogP contribution is 2.38. The topological polar surface area (TPSA) is 66.8 Å². The minimum absolute atomic E-state index is 0.0463. The van der Waals surface area contributed by atoms with E-state index >= 15 is 0 Å². The minimum Gasteiger partial charge on any atom is -0.333 e. The molecule has 0 unspecified atom stereocenters. The molecule has 0 atom stereocenters. The van der Waals surface area contributed by atoms with Gasteiger partial charge in [-0.1, -0.05) is 38.1 Å². The molecule has 0 saturated carbocycles. The minimum atomic E-state index is -3.51. The van der Waals surface area contributed by atoms with Crippen molar-refractivity contribution in [3.05, 3.63) is 35.4 Å². The van der Waals surface area contributed by atoms with E-state index in [4.69, 9.17) is 4.52 Å². The summed E-state index contributed by atoms with van der Waals surface area (Å²) in [5, 5.41) is -0.191. The lowest BCUT2D eigenvalue weighted by molar-refractivity contribution is -0.111. The Bertz CT molecular complexity index is 507. The maximum atomic E-state index is 11.2. The van der Waals surface area contributed by atoms with Crippen LogP contribution in [0.15, 0.2) is 24.3 Å². The molecule has 1 aromatic rings. The molecule has 0 aromatic heterocycles. The van der Waals surface area contributed by atoms with Gasteiger partial charge in [0.05, 0.1) is 6.61 Å². The second-order valence-electron chi connectivity index (χ2n) is 5.05. The monoisotopic (exact) mass is 302 g/mol. The normalized spacial score (nSPS) is 12.5. The quantitative estimate of drug-likeness (QED) is 0.558. The zero-order valence-corrected chi connectivity index (χ0v) is 12.8. The van der Waals surface area contributed by atoms with Crippen LogP contribution in [0.1, 0.15) is 31.4 Å². The van der Waals surface area contributed by atoms with Gasteiger partial charge in [-0.25, -0.2) is 0 Å². The van der Waals surface area contributed by atoms with Crippen LogP contribution in [-0.4, -0.2) is 21.2 Å². The highest BCUT2D eigenvalue weighted by atomic mass is 32.1. The largest absolute Gasteiger partial charge is 0.333 e. The van der Waals surface area contributed by atoms with Gasteiger partial charge in [-0.2, -0.15) is 0 Å². The number of carbonyl (C=O) groups excluding carboxylic acids is 1. The summed E-state index contributed by atoms with van der Waals surface area (Å²) in [5.74, 6) is 0. The molecular weight excluding hydrogens is 283 g/mol. The number of rotatable bonds is 6. The summed E-state index contributed by atoms with van der Waals surface area (Å²) in [7, 11) is -3.51. The molecule has 0 aliphatic carbocycles. The van der Waals surface area contributed by atoms with Gasteiger partial charge < -0.3 is 14.3 Å². The van der Waals surface area contributed by atoms with E-state index in [-0.39, 0.29) is 18.1 Å². The molecule has 0 aliphatic heterocycles. The first-order valence-electron chi connectivity index (χ1n) is 5.75. The zero-order valence-electron chi connectivity index (χ0n) is 11.0. The first-order valence-corrected chi connectivity index (χ1v) is 8.00. The first kappa shape index (κ1) is 16.5. The van der Waals surface area contributed by atoms with E-state index in [0.717, 1.165) is 11.1 Å². The van der Waals surface area contributed by atoms with Crippen LogP contribution in [0.25, 0.3) is 0 Å². The van der Waals surface area contributed by atoms with Crippen molar-refractivity contribution < 1.29 is 19.1 Å². The van der Waals surface area contributed by atoms with Gasteiger partial charge in [0, 0.05) is 6.42 Å². The second-order valence-corrected chi connectivity index (χ2v) is 7.14. The van der Waals surface area contributed by atoms with Crippen molar-refractivity contribution in [2.45, 2.75) is 32.3 Å². The van der Waals surface area contributed by atoms with Gasteiger partial charge in [0.25, 0.3) is 0 Å². The van der Waals surface area contributed by atoms with Crippen molar-refractivity contribution in [1.29, 1.82) is 0 Å². The van der Waals surface area contributed by atoms with Crippen LogP contribution in [0.5, 0.6) is 0 Å². The molecule has 0 heterocycles. The molecule has 1 aromatic carbocycles. The van der Waals surface area contributed by atoms with Gasteiger partial charge in [-0.3, -0.25) is 4.79 Å². The van der Waals surface area contributed by atoms with Crippen LogP contribution in [0, 0.1) is 0 Å². The van der Waals surface area contributed by atoms with Crippen LogP contribution in [0.3, 0.4) is 0 Å². The molecule has 0 saturated heterocycles. The van der Waals surface area contributed by atoms with E-state index in [1.54, 1.807) is 0 Å². The van der Waals surface area contributed by atoms with E-state index in [1.807, 2.05) is 38.1 Å². The summed E-state index contributed by atoms with van der Waals surface area (Å²) in [4.78, 5) is 29.6. The van der Waals surface area contributed by atoms with Gasteiger partial charge in [-0.05, 0) is 22.8 Å². The molecule has 19 heavy (non-hydrogen) atoms. The van der Waals surface area contributed by atoms with Crippen LogP contribution in [-0.2, 0) is 21.3 Å². The van der Waals surface area contributed by atoms with E-state index in [0.29, 0.717) is 0 Å². The number of thiol groups is 1. The highest BCUT2D eigenvalue weighted by Gasteiger charge is 2.25. The van der Waals surface area contributed by atoms with Gasteiger partial charge in [-0.15, -0.1) is 12.6 Å². The third kappa shape index (κ3) is 5.51. The van der Waals surface area contributed by atoms with E-state index in [1.165, 1.54) is 0 Å². The van der Waals surface area contributed by atoms with Crippen LogP contribution in [0.2, 0.25) is 0 Å². The van der Waals surface area contributed by atoms with Crippen LogP contribution >= 0.6 is 20.2 Å². The number of benzene rings is 1. The molecule has 0 aliphatic rings. The molecule has 106 valence electrons. The highest BCUT2D eigenvalue weighted by molar-refractivity contribution is 7.96. The summed E-state index contributed by atoms with van der Waals surface area (Å²) in [6, 6.07) is 7.43. The van der Waals surface area contributed by atoms with Crippen molar-refractivity contribution >= 4 is 31.6 Å². The summed E-state index contributed by atoms with van der Waals surface area (Å²) in [6.45, 7) is 3.92. The number of hydrogen-bond donors (Lipinski definition) is 3. The first-order chi connectivity index (χ1) is 8.62. The molecule has 0 radical (unpaired) electrons. The standard InChI is InChI=1S/C13H19O4PS/c1-13(2,8-12(14)19)11-7-5-4-6-10(11)9-17-18(3,15)16/h4-7,15-16H,3,8-9H2,1-2H3,(H,14,19). The van der Waals surface area contributed by atoms with Gasteiger partial charge in [0.2, 0.25) is 7.57 Å². The van der Waals surface area contributed by atoms with Crippen molar-refractivity contribution in [2.24, 2.45) is 0 Å². The Labute approximate surface area is 119 Å². The molecule has 0 fully saturated rings. The Kier molecular flexibility index (Phi) is 5.42. The van der Waals surface area contributed by atoms with Crippen molar-refractivity contribution in [1.82, 2.24) is 0 Å². The van der Waals surface area contributed by atoms with Crippen molar-refractivity contribution in [3.8, 4) is 0 Å². The fourth-order valence-corrected chi connectivity index (χ4v) is 2.69. The summed E-state index contributed by atoms with van der Waals surface area (Å²) < 4.78 is 4.96. The summed E-state index contributed by atoms with van der Waals surface area (Å²) >= 11 is 3.82. The third-order valence-electron chi connectivity index (χ3n) is 2.77. The zero-order chi connectivity index (χ0) is 14.7. The Balaban J connectivity index is 3.01. The Hall–Kier alpha value is -0.580. The smallest absolute Gasteiger partial charge is 0.245 e. The Morgan fingerprint density at radius 1 is 1.42 bits per heavy atom. The van der Waals surface area contributed by atoms with Gasteiger partial charge >= 0.3 is 0 Å². The molecule has 2 N–H and O–H groups in total. The van der Waals surface area contributed by atoms with Crippen molar-refractivity contribution in [3.63, 3.8) is 0 Å². The Morgan fingerprint density at radius 2 is 2.00 bits per heavy atom. The average molecular weight is 302 g/mol.